The molecule has 128 valence electrons. The van der Waals surface area contributed by atoms with E-state index in [0.717, 1.165) is 0 Å². The predicted octanol–water partition coefficient (Wildman–Crippen LogP) is 4.40. The van der Waals surface area contributed by atoms with Crippen molar-refractivity contribution in [3.63, 3.8) is 0 Å². The van der Waals surface area contributed by atoms with Gasteiger partial charge in [-0.3, -0.25) is 0 Å². The molecule has 6 nitrogen and oxygen atoms in total. The Balaban J connectivity index is 0.000000891. The van der Waals surface area contributed by atoms with Crippen LogP contribution >= 0.6 is 0 Å². The molecule has 2 rings (SSSR count). The zero-order valence-electron chi connectivity index (χ0n) is 12.2. The SMILES string of the molecule is Cc1c(C(=O)O)cccc1-c1ccc(OC(F)(F)F)cc1.O=NO. The van der Waals surface area contributed by atoms with Crippen LogP contribution in [0.2, 0.25) is 0 Å². The second-order valence-corrected chi connectivity index (χ2v) is 4.44. The van der Waals surface area contributed by atoms with Crippen LogP contribution in [0.5, 0.6) is 5.75 Å². The van der Waals surface area contributed by atoms with Gasteiger partial charge in [0.25, 0.3) is 0 Å². The fourth-order valence-electron chi connectivity index (χ4n) is 2.02. The summed E-state index contributed by atoms with van der Waals surface area (Å²) in [4.78, 5) is 19.2. The van der Waals surface area contributed by atoms with E-state index in [9.17, 15) is 18.0 Å². The highest BCUT2D eigenvalue weighted by Gasteiger charge is 2.30. The summed E-state index contributed by atoms with van der Waals surface area (Å²) in [6, 6.07) is 10.1. The molecule has 0 amide bonds. The van der Waals surface area contributed by atoms with Gasteiger partial charge in [0.05, 0.1) is 5.56 Å². The number of ether oxygens (including phenoxy) is 1. The zero-order chi connectivity index (χ0) is 18.3. The van der Waals surface area contributed by atoms with Crippen molar-refractivity contribution >= 4 is 5.97 Å². The Morgan fingerprint density at radius 1 is 1.12 bits per heavy atom. The molecule has 0 spiro atoms. The Morgan fingerprint density at radius 2 is 1.67 bits per heavy atom. The van der Waals surface area contributed by atoms with Crippen molar-refractivity contribution in [1.82, 2.24) is 0 Å². The molecule has 24 heavy (non-hydrogen) atoms. The number of nitrogens with zero attached hydrogens (tertiary/aromatic N) is 1. The van der Waals surface area contributed by atoms with Crippen LogP contribution in [-0.4, -0.2) is 22.6 Å². The lowest BCUT2D eigenvalue weighted by atomic mass is 9.96. The zero-order valence-corrected chi connectivity index (χ0v) is 12.2. The third kappa shape index (κ3) is 5.27. The molecule has 0 saturated heterocycles. The van der Waals surface area contributed by atoms with Crippen LogP contribution < -0.4 is 4.74 Å². The van der Waals surface area contributed by atoms with Gasteiger partial charge in [-0.1, -0.05) is 24.3 Å². The average molecular weight is 343 g/mol. The molecule has 2 aromatic rings. The highest BCUT2D eigenvalue weighted by molar-refractivity contribution is 5.92. The minimum absolute atomic E-state index is 0.156. The van der Waals surface area contributed by atoms with Crippen molar-refractivity contribution in [3.8, 4) is 16.9 Å². The van der Waals surface area contributed by atoms with E-state index in [1.807, 2.05) is 0 Å². The number of rotatable bonds is 3. The van der Waals surface area contributed by atoms with Gasteiger partial charge >= 0.3 is 12.3 Å². The summed E-state index contributed by atoms with van der Waals surface area (Å²) in [6.45, 7) is 1.65. The fourth-order valence-corrected chi connectivity index (χ4v) is 2.02. The molecule has 0 saturated carbocycles. The van der Waals surface area contributed by atoms with Gasteiger partial charge in [0.2, 0.25) is 0 Å². The normalized spacial score (nSPS) is 10.3. The van der Waals surface area contributed by atoms with Crippen LogP contribution in [-0.2, 0) is 0 Å². The maximum absolute atomic E-state index is 12.1. The molecular weight excluding hydrogens is 331 g/mol. The Hall–Kier alpha value is -3.10. The molecule has 0 unspecified atom stereocenters. The molecule has 0 bridgehead atoms. The molecular formula is C15H12F3NO5. The van der Waals surface area contributed by atoms with Crippen molar-refractivity contribution in [3.05, 3.63) is 58.5 Å². The van der Waals surface area contributed by atoms with Gasteiger partial charge in [-0.05, 0) is 41.8 Å². The summed E-state index contributed by atoms with van der Waals surface area (Å²) >= 11 is 0. The van der Waals surface area contributed by atoms with Crippen LogP contribution in [0.15, 0.2) is 47.8 Å². The van der Waals surface area contributed by atoms with Crippen molar-refractivity contribution < 1.29 is 33.0 Å². The Kier molecular flexibility index (Phi) is 6.28. The number of carboxylic acids is 1. The second-order valence-electron chi connectivity index (χ2n) is 4.44. The van der Waals surface area contributed by atoms with E-state index in [1.54, 1.807) is 19.1 Å². The molecule has 2 aromatic carbocycles. The first kappa shape index (κ1) is 18.9. The number of benzene rings is 2. The molecule has 0 fully saturated rings. The average Bonchev–Trinajstić information content (AvgIpc) is 2.47. The molecule has 2 N–H and O–H groups in total. The number of hydrogen-bond donors (Lipinski definition) is 2. The van der Waals surface area contributed by atoms with Gasteiger partial charge in [0.15, 0.2) is 5.34 Å². The number of carboxylic acid groups (broad SMARTS) is 1. The molecule has 0 heterocycles. The second kappa shape index (κ2) is 7.95. The standard InChI is InChI=1S/C15H11F3O3.HNO2/c1-9-12(3-2-4-13(9)14(19)20)10-5-7-11(8-6-10)21-15(16,17)18;2-1-3/h2-8H,1H3,(H,19,20);(H,2,3). The van der Waals surface area contributed by atoms with Gasteiger partial charge < -0.3 is 15.1 Å². The minimum Gasteiger partial charge on any atom is -0.478 e. The number of aromatic carboxylic acids is 1. The van der Waals surface area contributed by atoms with E-state index < -0.39 is 12.3 Å². The first-order valence-electron chi connectivity index (χ1n) is 6.35. The maximum atomic E-state index is 12.1. The molecule has 0 aliphatic heterocycles. The largest absolute Gasteiger partial charge is 0.573 e. The van der Waals surface area contributed by atoms with Gasteiger partial charge in [0, 0.05) is 0 Å². The quantitative estimate of drug-likeness (QED) is 0.636. The molecule has 0 aromatic heterocycles. The Bertz CT molecular complexity index is 714. The summed E-state index contributed by atoms with van der Waals surface area (Å²) in [7, 11) is 0. The fraction of sp³-hybridized carbons (Fsp3) is 0.133. The third-order valence-corrected chi connectivity index (χ3v) is 2.96. The third-order valence-electron chi connectivity index (χ3n) is 2.96. The van der Waals surface area contributed by atoms with Gasteiger partial charge in [-0.2, -0.15) is 0 Å². The molecule has 0 aliphatic rings. The van der Waals surface area contributed by atoms with Crippen molar-refractivity contribution in [2.75, 3.05) is 0 Å². The number of halogens is 3. The molecule has 9 heteroatoms. The summed E-state index contributed by atoms with van der Waals surface area (Å²) < 4.78 is 40.0. The number of hydrogen-bond acceptors (Lipinski definition) is 4. The van der Waals surface area contributed by atoms with E-state index in [4.69, 9.17) is 15.2 Å². The maximum Gasteiger partial charge on any atom is 0.573 e. The first-order valence-corrected chi connectivity index (χ1v) is 6.35. The van der Waals surface area contributed by atoms with Gasteiger partial charge in [-0.25, -0.2) is 4.79 Å². The Morgan fingerprint density at radius 3 is 2.12 bits per heavy atom. The van der Waals surface area contributed by atoms with Gasteiger partial charge in [-0.15, -0.1) is 18.1 Å². The lowest BCUT2D eigenvalue weighted by molar-refractivity contribution is -0.274. The van der Waals surface area contributed by atoms with Crippen LogP contribution in [0.3, 0.4) is 0 Å². The Labute approximate surface area is 134 Å². The van der Waals surface area contributed by atoms with Crippen molar-refractivity contribution in [2.24, 2.45) is 5.34 Å². The minimum atomic E-state index is -4.74. The smallest absolute Gasteiger partial charge is 0.478 e. The summed E-state index contributed by atoms with van der Waals surface area (Å²) in [6.07, 6.45) is -4.74. The van der Waals surface area contributed by atoms with Crippen LogP contribution in [0, 0.1) is 11.8 Å². The van der Waals surface area contributed by atoms with Crippen LogP contribution in [0.4, 0.5) is 13.2 Å². The lowest BCUT2D eigenvalue weighted by Gasteiger charge is -2.11. The van der Waals surface area contributed by atoms with Crippen LogP contribution in [0.1, 0.15) is 15.9 Å². The summed E-state index contributed by atoms with van der Waals surface area (Å²) in [5.74, 6) is -1.37. The van der Waals surface area contributed by atoms with E-state index in [0.29, 0.717) is 16.7 Å². The monoisotopic (exact) mass is 343 g/mol. The number of alkyl halides is 3. The first-order chi connectivity index (χ1) is 11.2. The predicted molar refractivity (Wildman–Crippen MR) is 77.8 cm³/mol. The van der Waals surface area contributed by atoms with E-state index in [-0.39, 0.29) is 11.3 Å². The molecule has 0 aliphatic carbocycles. The topological polar surface area (TPSA) is 96.2 Å². The van der Waals surface area contributed by atoms with Crippen molar-refractivity contribution in [1.29, 1.82) is 0 Å². The highest BCUT2D eigenvalue weighted by atomic mass is 19.4. The van der Waals surface area contributed by atoms with E-state index >= 15 is 0 Å². The lowest BCUT2D eigenvalue weighted by Crippen LogP contribution is -2.16. The summed E-state index contributed by atoms with van der Waals surface area (Å²) in [5.41, 5.74) is 1.97. The summed E-state index contributed by atoms with van der Waals surface area (Å²) in [5, 5.41) is 17.0. The molecule has 0 atom stereocenters. The van der Waals surface area contributed by atoms with E-state index in [2.05, 4.69) is 4.74 Å². The van der Waals surface area contributed by atoms with Crippen molar-refractivity contribution in [2.45, 2.75) is 13.3 Å². The van der Waals surface area contributed by atoms with Gasteiger partial charge in [0.1, 0.15) is 5.75 Å². The highest BCUT2D eigenvalue weighted by Crippen LogP contribution is 2.29. The number of carbonyl (C=O) groups is 1. The van der Waals surface area contributed by atoms with E-state index in [1.165, 1.54) is 35.7 Å². The molecule has 0 radical (unpaired) electrons. The van der Waals surface area contributed by atoms with Crippen LogP contribution in [0.25, 0.3) is 11.1 Å².